The molecule has 0 aliphatic carbocycles. The van der Waals surface area contributed by atoms with Gasteiger partial charge in [0.05, 0.1) is 22.5 Å². The van der Waals surface area contributed by atoms with Crippen LogP contribution in [-0.4, -0.2) is 42.0 Å². The number of hydrogen-bond donors (Lipinski definition) is 2. The summed E-state index contributed by atoms with van der Waals surface area (Å²) in [6.07, 6.45) is 4.08. The van der Waals surface area contributed by atoms with Crippen LogP contribution in [0.5, 0.6) is 0 Å². The van der Waals surface area contributed by atoms with Gasteiger partial charge in [0.2, 0.25) is 5.91 Å². The van der Waals surface area contributed by atoms with Crippen LogP contribution in [0.2, 0.25) is 0 Å². The Balaban J connectivity index is 1.65. The van der Waals surface area contributed by atoms with Gasteiger partial charge in [0.25, 0.3) is 10.0 Å². The van der Waals surface area contributed by atoms with Gasteiger partial charge in [-0.25, -0.2) is 17.4 Å². The molecule has 1 aromatic carbocycles. The van der Waals surface area contributed by atoms with E-state index in [1.54, 1.807) is 36.4 Å². The van der Waals surface area contributed by atoms with Gasteiger partial charge in [-0.1, -0.05) is 18.2 Å². The summed E-state index contributed by atoms with van der Waals surface area (Å²) < 4.78 is 32.7. The number of carbonyl (C=O) groups is 1. The van der Waals surface area contributed by atoms with Crippen LogP contribution in [-0.2, 0) is 19.6 Å². The van der Waals surface area contributed by atoms with Gasteiger partial charge in [-0.3, -0.25) is 4.79 Å². The molecule has 4 heterocycles. The normalized spacial score (nSPS) is 18.5. The molecule has 2 aromatic heterocycles. The van der Waals surface area contributed by atoms with Gasteiger partial charge < -0.3 is 15.4 Å². The first-order chi connectivity index (χ1) is 13.5. The molecule has 1 amide bonds. The first-order valence-electron chi connectivity index (χ1n) is 8.99. The highest BCUT2D eigenvalue weighted by atomic mass is 32.2. The average Bonchev–Trinajstić information content (AvgIpc) is 3.16. The number of benzene rings is 1. The van der Waals surface area contributed by atoms with E-state index in [4.69, 9.17) is 4.74 Å². The second kappa shape index (κ2) is 6.05. The van der Waals surface area contributed by atoms with Crippen molar-refractivity contribution in [2.45, 2.75) is 23.3 Å². The SMILES string of the molecule is O=C1Nc2cnc3c(ccn3S(=O)(=O)c3ccccc3)c2NC12CCOCC2. The minimum Gasteiger partial charge on any atom is -0.381 e. The molecule has 8 nitrogen and oxygen atoms in total. The number of carbonyl (C=O) groups excluding carboxylic acids is 1. The van der Waals surface area contributed by atoms with Crippen molar-refractivity contribution in [3.63, 3.8) is 0 Å². The molecule has 3 aromatic rings. The number of pyridine rings is 1. The third-order valence-electron chi connectivity index (χ3n) is 5.37. The molecule has 0 unspecified atom stereocenters. The number of rotatable bonds is 2. The molecule has 2 N–H and O–H groups in total. The lowest BCUT2D eigenvalue weighted by Gasteiger charge is -2.41. The highest BCUT2D eigenvalue weighted by Crippen LogP contribution is 2.40. The lowest BCUT2D eigenvalue weighted by molar-refractivity contribution is -0.123. The summed E-state index contributed by atoms with van der Waals surface area (Å²) in [7, 11) is -3.77. The van der Waals surface area contributed by atoms with E-state index in [2.05, 4.69) is 15.6 Å². The smallest absolute Gasteiger partial charge is 0.269 e. The number of aromatic nitrogens is 2. The van der Waals surface area contributed by atoms with Gasteiger partial charge in [0.15, 0.2) is 5.65 Å². The van der Waals surface area contributed by atoms with Crippen molar-refractivity contribution in [1.82, 2.24) is 8.96 Å². The van der Waals surface area contributed by atoms with E-state index in [0.717, 1.165) is 0 Å². The predicted molar refractivity (Wildman–Crippen MR) is 104 cm³/mol. The third-order valence-corrected chi connectivity index (χ3v) is 7.05. The van der Waals surface area contributed by atoms with E-state index in [0.29, 0.717) is 48.5 Å². The largest absolute Gasteiger partial charge is 0.381 e. The minimum atomic E-state index is -3.77. The molecule has 0 saturated carbocycles. The molecule has 1 spiro atoms. The maximum absolute atomic E-state index is 13.0. The number of amides is 1. The Hall–Kier alpha value is -2.91. The zero-order valence-corrected chi connectivity index (χ0v) is 15.7. The highest BCUT2D eigenvalue weighted by Gasteiger charge is 2.44. The van der Waals surface area contributed by atoms with Gasteiger partial charge in [0.1, 0.15) is 5.54 Å². The lowest BCUT2D eigenvalue weighted by Crippen LogP contribution is -2.55. The molecule has 1 saturated heterocycles. The van der Waals surface area contributed by atoms with Crippen molar-refractivity contribution < 1.29 is 17.9 Å². The molecule has 0 radical (unpaired) electrons. The van der Waals surface area contributed by atoms with E-state index in [-0.39, 0.29) is 10.8 Å². The maximum Gasteiger partial charge on any atom is 0.269 e. The fourth-order valence-corrected chi connectivity index (χ4v) is 5.12. The van der Waals surface area contributed by atoms with Gasteiger partial charge in [-0.05, 0) is 18.2 Å². The Morgan fingerprint density at radius 2 is 1.86 bits per heavy atom. The minimum absolute atomic E-state index is 0.110. The molecule has 2 aliphatic rings. The van der Waals surface area contributed by atoms with Crippen molar-refractivity contribution in [3.05, 3.63) is 48.8 Å². The summed E-state index contributed by atoms with van der Waals surface area (Å²) in [5.74, 6) is -0.110. The molecule has 5 rings (SSSR count). The summed E-state index contributed by atoms with van der Waals surface area (Å²) >= 11 is 0. The van der Waals surface area contributed by atoms with Crippen LogP contribution >= 0.6 is 0 Å². The Bertz CT molecular complexity index is 1180. The molecule has 28 heavy (non-hydrogen) atoms. The van der Waals surface area contributed by atoms with E-state index >= 15 is 0 Å². The Morgan fingerprint density at radius 3 is 2.61 bits per heavy atom. The second-order valence-electron chi connectivity index (χ2n) is 6.99. The summed E-state index contributed by atoms with van der Waals surface area (Å²) in [6, 6.07) is 9.93. The number of nitrogens with zero attached hydrogens (tertiary/aromatic N) is 2. The number of ether oxygens (including phenoxy) is 1. The van der Waals surface area contributed by atoms with E-state index in [1.807, 2.05) is 0 Å². The van der Waals surface area contributed by atoms with Crippen LogP contribution in [0.1, 0.15) is 12.8 Å². The lowest BCUT2D eigenvalue weighted by atomic mass is 9.86. The van der Waals surface area contributed by atoms with E-state index in [9.17, 15) is 13.2 Å². The fourth-order valence-electron chi connectivity index (χ4n) is 3.80. The van der Waals surface area contributed by atoms with Gasteiger partial charge in [0, 0.05) is 37.6 Å². The quantitative estimate of drug-likeness (QED) is 0.686. The Kier molecular flexibility index (Phi) is 3.72. The topological polar surface area (TPSA) is 102 Å². The highest BCUT2D eigenvalue weighted by molar-refractivity contribution is 7.90. The maximum atomic E-state index is 13.0. The van der Waals surface area contributed by atoms with Crippen molar-refractivity contribution >= 4 is 38.3 Å². The second-order valence-corrected chi connectivity index (χ2v) is 8.80. The van der Waals surface area contributed by atoms with E-state index < -0.39 is 15.6 Å². The predicted octanol–water partition coefficient (Wildman–Crippen LogP) is 2.19. The van der Waals surface area contributed by atoms with Crippen molar-refractivity contribution in [2.75, 3.05) is 23.8 Å². The summed E-state index contributed by atoms with van der Waals surface area (Å²) in [5.41, 5.74) is 0.798. The molecule has 144 valence electrons. The molecule has 1 fully saturated rings. The van der Waals surface area contributed by atoms with Crippen LogP contribution < -0.4 is 10.6 Å². The van der Waals surface area contributed by atoms with Crippen LogP contribution in [0.4, 0.5) is 11.4 Å². The van der Waals surface area contributed by atoms with Crippen molar-refractivity contribution in [3.8, 4) is 0 Å². The number of fused-ring (bicyclic) bond motifs is 3. The van der Waals surface area contributed by atoms with Crippen molar-refractivity contribution in [2.24, 2.45) is 0 Å². The summed E-state index contributed by atoms with van der Waals surface area (Å²) in [4.78, 5) is 17.2. The Labute approximate surface area is 161 Å². The number of nitrogens with one attached hydrogen (secondary N) is 2. The average molecular weight is 398 g/mol. The van der Waals surface area contributed by atoms with Crippen LogP contribution in [0.25, 0.3) is 11.0 Å². The summed E-state index contributed by atoms with van der Waals surface area (Å²) in [6.45, 7) is 0.987. The fraction of sp³-hybridized carbons (Fsp3) is 0.263. The standard InChI is InChI=1S/C19H18N4O4S/c24-18-19(7-10-27-11-8-19)22-16-14-6-9-23(17(14)20-12-15(16)21-18)28(25,26)13-4-2-1-3-5-13/h1-6,9,12,22H,7-8,10-11H2,(H,21,24). The zero-order chi connectivity index (χ0) is 19.4. The first-order valence-corrected chi connectivity index (χ1v) is 10.4. The van der Waals surface area contributed by atoms with Crippen LogP contribution in [0, 0.1) is 0 Å². The zero-order valence-electron chi connectivity index (χ0n) is 14.9. The summed E-state index contributed by atoms with van der Waals surface area (Å²) in [5, 5.41) is 6.93. The Morgan fingerprint density at radius 1 is 1.11 bits per heavy atom. The first kappa shape index (κ1) is 17.2. The van der Waals surface area contributed by atoms with Gasteiger partial charge in [-0.2, -0.15) is 0 Å². The van der Waals surface area contributed by atoms with Crippen molar-refractivity contribution in [1.29, 1.82) is 0 Å². The van der Waals surface area contributed by atoms with Gasteiger partial charge in [-0.15, -0.1) is 0 Å². The van der Waals surface area contributed by atoms with Crippen LogP contribution in [0.15, 0.2) is 53.7 Å². The molecule has 9 heteroatoms. The van der Waals surface area contributed by atoms with E-state index in [1.165, 1.54) is 16.4 Å². The molecule has 0 bridgehead atoms. The monoisotopic (exact) mass is 398 g/mol. The van der Waals surface area contributed by atoms with Crippen LogP contribution in [0.3, 0.4) is 0 Å². The van der Waals surface area contributed by atoms with Gasteiger partial charge >= 0.3 is 0 Å². The molecular weight excluding hydrogens is 380 g/mol. The number of anilines is 2. The number of hydrogen-bond acceptors (Lipinski definition) is 6. The molecular formula is C19H18N4O4S. The third kappa shape index (κ3) is 2.43. The molecule has 2 aliphatic heterocycles. The molecule has 0 atom stereocenters.